The number of carbonyl (C=O) groups is 3. The lowest BCUT2D eigenvalue weighted by atomic mass is 10.0. The third kappa shape index (κ3) is 5.67. The van der Waals surface area contributed by atoms with Crippen LogP contribution in [0.5, 0.6) is 0 Å². The summed E-state index contributed by atoms with van der Waals surface area (Å²) in [6.07, 6.45) is -4.67. The van der Waals surface area contributed by atoms with Crippen LogP contribution in [0.25, 0.3) is 22.4 Å². The summed E-state index contributed by atoms with van der Waals surface area (Å²) in [6.45, 7) is 1.07. The van der Waals surface area contributed by atoms with E-state index in [0.717, 1.165) is 12.1 Å². The van der Waals surface area contributed by atoms with Gasteiger partial charge in [-0.3, -0.25) is 10.1 Å². The standard InChI is InChI=1S/C21H19F3N4O6/c1-11-17-13(19(30)33-10-16(29)27-20(31)25-7-8-32-2)9-15(26-18(17)34-28-11)12-5-3-4-6-14(12)21(22,23)24/h3-6,9H,7-8,10H2,1-2H3,(H2,25,27,29,31). The van der Waals surface area contributed by atoms with Gasteiger partial charge in [0.25, 0.3) is 11.6 Å². The molecule has 2 N–H and O–H groups in total. The Kier molecular flexibility index (Phi) is 7.46. The average Bonchev–Trinajstić information content (AvgIpc) is 3.17. The van der Waals surface area contributed by atoms with Crippen LogP contribution in [0.15, 0.2) is 34.9 Å². The number of hydrogen-bond donors (Lipinski definition) is 2. The fourth-order valence-electron chi connectivity index (χ4n) is 3.03. The van der Waals surface area contributed by atoms with E-state index in [9.17, 15) is 27.6 Å². The first-order chi connectivity index (χ1) is 16.1. The zero-order chi connectivity index (χ0) is 24.9. The van der Waals surface area contributed by atoms with Gasteiger partial charge in [-0.2, -0.15) is 13.2 Å². The molecule has 0 saturated heterocycles. The van der Waals surface area contributed by atoms with Crippen molar-refractivity contribution in [2.75, 3.05) is 26.9 Å². The maximum Gasteiger partial charge on any atom is 0.417 e. The molecule has 3 aromatic rings. The number of esters is 1. The lowest BCUT2D eigenvalue weighted by Crippen LogP contribution is -2.42. The summed E-state index contributed by atoms with van der Waals surface area (Å²) < 4.78 is 55.2. The molecule has 2 heterocycles. The monoisotopic (exact) mass is 480 g/mol. The first-order valence-corrected chi connectivity index (χ1v) is 9.79. The zero-order valence-corrected chi connectivity index (χ0v) is 18.0. The third-order valence-corrected chi connectivity index (χ3v) is 4.52. The number of amides is 3. The van der Waals surface area contributed by atoms with E-state index >= 15 is 0 Å². The molecule has 0 aliphatic rings. The SMILES string of the molecule is COCCNC(=O)NC(=O)COC(=O)c1cc(-c2ccccc2C(F)(F)F)nc2onc(C)c12. The normalized spacial score (nSPS) is 11.3. The Morgan fingerprint density at radius 2 is 1.91 bits per heavy atom. The van der Waals surface area contributed by atoms with Crippen LogP contribution in [0.4, 0.5) is 18.0 Å². The molecule has 180 valence electrons. The minimum absolute atomic E-state index is 0.121. The van der Waals surface area contributed by atoms with Crippen LogP contribution in [0.2, 0.25) is 0 Å². The van der Waals surface area contributed by atoms with Gasteiger partial charge in [-0.25, -0.2) is 14.6 Å². The van der Waals surface area contributed by atoms with Gasteiger partial charge in [-0.1, -0.05) is 23.4 Å². The van der Waals surface area contributed by atoms with Crippen LogP contribution >= 0.6 is 0 Å². The third-order valence-electron chi connectivity index (χ3n) is 4.52. The summed E-state index contributed by atoms with van der Waals surface area (Å²) in [4.78, 5) is 40.3. The minimum atomic E-state index is -4.67. The molecule has 10 nitrogen and oxygen atoms in total. The lowest BCUT2D eigenvalue weighted by Gasteiger charge is -2.13. The van der Waals surface area contributed by atoms with Gasteiger partial charge in [0.1, 0.15) is 0 Å². The van der Waals surface area contributed by atoms with Crippen LogP contribution in [-0.4, -0.2) is 54.9 Å². The number of alkyl halides is 3. The van der Waals surface area contributed by atoms with Crippen molar-refractivity contribution >= 4 is 29.0 Å². The van der Waals surface area contributed by atoms with Crippen molar-refractivity contribution in [3.05, 3.63) is 47.2 Å². The van der Waals surface area contributed by atoms with Gasteiger partial charge in [0, 0.05) is 19.2 Å². The first kappa shape index (κ1) is 24.6. The highest BCUT2D eigenvalue weighted by Gasteiger charge is 2.34. The summed E-state index contributed by atoms with van der Waals surface area (Å²) in [5.74, 6) is -1.96. The van der Waals surface area contributed by atoms with Gasteiger partial charge >= 0.3 is 18.2 Å². The number of halogens is 3. The zero-order valence-electron chi connectivity index (χ0n) is 18.0. The van der Waals surface area contributed by atoms with Crippen molar-refractivity contribution in [2.24, 2.45) is 0 Å². The number of benzene rings is 1. The number of hydrogen-bond acceptors (Lipinski definition) is 8. The van der Waals surface area contributed by atoms with E-state index in [4.69, 9.17) is 14.0 Å². The molecule has 34 heavy (non-hydrogen) atoms. The van der Waals surface area contributed by atoms with Crippen LogP contribution in [0.3, 0.4) is 0 Å². The quantitative estimate of drug-likeness (QED) is 0.390. The summed E-state index contributed by atoms with van der Waals surface area (Å²) in [5.41, 5.74) is -1.59. The number of nitrogens with zero attached hydrogens (tertiary/aromatic N) is 2. The number of rotatable bonds is 7. The van der Waals surface area contributed by atoms with Crippen molar-refractivity contribution in [3.63, 3.8) is 0 Å². The van der Waals surface area contributed by atoms with E-state index in [1.54, 1.807) is 0 Å². The largest absolute Gasteiger partial charge is 0.452 e. The fraction of sp³-hybridized carbons (Fsp3) is 0.286. The van der Waals surface area contributed by atoms with Gasteiger partial charge in [-0.05, 0) is 19.1 Å². The van der Waals surface area contributed by atoms with Crippen LogP contribution in [0.1, 0.15) is 21.6 Å². The molecule has 0 fully saturated rings. The van der Waals surface area contributed by atoms with E-state index in [2.05, 4.69) is 15.5 Å². The molecule has 3 amide bonds. The molecule has 2 aromatic heterocycles. The summed E-state index contributed by atoms with van der Waals surface area (Å²) in [7, 11) is 1.44. The van der Waals surface area contributed by atoms with Crippen LogP contribution in [0, 0.1) is 6.92 Å². The Labute approximate surface area is 190 Å². The van der Waals surface area contributed by atoms with Crippen molar-refractivity contribution in [3.8, 4) is 11.3 Å². The summed E-state index contributed by atoms with van der Waals surface area (Å²) >= 11 is 0. The molecule has 0 spiro atoms. The Balaban J connectivity index is 1.86. The molecule has 0 bridgehead atoms. The predicted molar refractivity (Wildman–Crippen MR) is 111 cm³/mol. The number of ether oxygens (including phenoxy) is 2. The number of fused-ring (bicyclic) bond motifs is 1. The number of aromatic nitrogens is 2. The predicted octanol–water partition coefficient (Wildman–Crippen LogP) is 2.85. The Bertz CT molecular complexity index is 1220. The summed E-state index contributed by atoms with van der Waals surface area (Å²) in [5, 5.41) is 8.13. The van der Waals surface area contributed by atoms with E-state index in [1.807, 2.05) is 5.32 Å². The van der Waals surface area contributed by atoms with E-state index in [0.29, 0.717) is 0 Å². The molecule has 13 heteroatoms. The smallest absolute Gasteiger partial charge is 0.417 e. The molecule has 1 aromatic carbocycles. The molecule has 3 rings (SSSR count). The maximum absolute atomic E-state index is 13.5. The van der Waals surface area contributed by atoms with Crippen LogP contribution < -0.4 is 10.6 Å². The maximum atomic E-state index is 13.5. The fourth-order valence-corrected chi connectivity index (χ4v) is 3.03. The van der Waals surface area contributed by atoms with E-state index in [1.165, 1.54) is 32.2 Å². The lowest BCUT2D eigenvalue weighted by molar-refractivity contribution is -0.137. The van der Waals surface area contributed by atoms with Gasteiger partial charge in [0.15, 0.2) is 6.61 Å². The van der Waals surface area contributed by atoms with Gasteiger partial charge in [0.05, 0.1) is 34.5 Å². The van der Waals surface area contributed by atoms with E-state index in [-0.39, 0.29) is 46.8 Å². The second-order valence-corrected chi connectivity index (χ2v) is 6.92. The number of methoxy groups -OCH3 is 1. The second kappa shape index (κ2) is 10.3. The van der Waals surface area contributed by atoms with Gasteiger partial charge in [0.2, 0.25) is 0 Å². The van der Waals surface area contributed by atoms with Crippen molar-refractivity contribution < 1.29 is 41.6 Å². The molecule has 0 atom stereocenters. The second-order valence-electron chi connectivity index (χ2n) is 6.92. The number of pyridine rings is 1. The van der Waals surface area contributed by atoms with Crippen molar-refractivity contribution in [1.82, 2.24) is 20.8 Å². The molecular formula is C21H19F3N4O6. The molecule has 0 aliphatic carbocycles. The highest BCUT2D eigenvalue weighted by atomic mass is 19.4. The highest BCUT2D eigenvalue weighted by Crippen LogP contribution is 2.37. The highest BCUT2D eigenvalue weighted by molar-refractivity contribution is 6.05. The Morgan fingerprint density at radius 3 is 2.62 bits per heavy atom. The van der Waals surface area contributed by atoms with Crippen molar-refractivity contribution in [2.45, 2.75) is 13.1 Å². The van der Waals surface area contributed by atoms with E-state index < -0.39 is 36.3 Å². The topological polar surface area (TPSA) is 133 Å². The number of carbonyl (C=O) groups excluding carboxylic acids is 3. The minimum Gasteiger partial charge on any atom is -0.452 e. The average molecular weight is 480 g/mol. The number of urea groups is 1. The first-order valence-electron chi connectivity index (χ1n) is 9.79. The molecule has 0 aliphatic heterocycles. The molecule has 0 unspecified atom stereocenters. The molecule has 0 radical (unpaired) electrons. The number of imide groups is 1. The Hall–Kier alpha value is -4.00. The summed E-state index contributed by atoms with van der Waals surface area (Å²) in [6, 6.07) is 4.99. The number of nitrogens with one attached hydrogen (secondary N) is 2. The molecular weight excluding hydrogens is 461 g/mol. The van der Waals surface area contributed by atoms with Crippen LogP contribution in [-0.2, 0) is 20.4 Å². The Morgan fingerprint density at radius 1 is 1.18 bits per heavy atom. The van der Waals surface area contributed by atoms with Crippen molar-refractivity contribution in [1.29, 1.82) is 0 Å². The van der Waals surface area contributed by atoms with Gasteiger partial charge < -0.3 is 19.3 Å². The molecule has 0 saturated carbocycles. The van der Waals surface area contributed by atoms with Gasteiger partial charge in [-0.15, -0.1) is 0 Å². The number of aryl methyl sites for hydroxylation is 1.